The number of nitrogens with one attached hydrogen (secondary N) is 1. The summed E-state index contributed by atoms with van der Waals surface area (Å²) < 4.78 is 1.14. The Balaban J connectivity index is 1.40. The highest BCUT2D eigenvalue weighted by Gasteiger charge is 2.34. The van der Waals surface area contributed by atoms with E-state index in [1.165, 1.54) is 0 Å². The maximum absolute atomic E-state index is 13.4. The number of benzene rings is 2. The first-order valence-corrected chi connectivity index (χ1v) is 11.1. The molecule has 5 rings (SSSR count). The van der Waals surface area contributed by atoms with Gasteiger partial charge in [0.05, 0.1) is 38.6 Å². The van der Waals surface area contributed by atoms with E-state index < -0.39 is 0 Å². The fraction of sp³-hybridized carbons (Fsp3) is 0.250. The summed E-state index contributed by atoms with van der Waals surface area (Å²) in [5.41, 5.74) is 1.43. The van der Waals surface area contributed by atoms with E-state index in [-0.39, 0.29) is 29.8 Å². The van der Waals surface area contributed by atoms with Crippen LogP contribution < -0.4 is 5.56 Å². The van der Waals surface area contributed by atoms with Crippen LogP contribution in [0.5, 0.6) is 0 Å². The Morgan fingerprint density at radius 2 is 1.81 bits per heavy atom. The van der Waals surface area contributed by atoms with E-state index in [0.717, 1.165) is 21.6 Å². The molecule has 0 saturated carbocycles. The second-order valence-corrected chi connectivity index (χ2v) is 8.96. The van der Waals surface area contributed by atoms with Crippen molar-refractivity contribution in [3.05, 3.63) is 81.9 Å². The Morgan fingerprint density at radius 3 is 2.65 bits per heavy atom. The molecular formula is C24H22N4O2S. The SMILES string of the molecule is CN(Cc1nc2ccccc2c(=O)[nH]1)C(=O)[C@H]1CC=CC[C@@H]1c1nc2ccccc2s1. The molecule has 1 N–H and O–H groups in total. The van der Waals surface area contributed by atoms with Gasteiger partial charge in [-0.2, -0.15) is 0 Å². The van der Waals surface area contributed by atoms with Crippen LogP contribution in [-0.4, -0.2) is 32.8 Å². The molecule has 0 aliphatic heterocycles. The van der Waals surface area contributed by atoms with Gasteiger partial charge in [-0.3, -0.25) is 9.59 Å². The van der Waals surface area contributed by atoms with Crippen molar-refractivity contribution in [2.24, 2.45) is 5.92 Å². The number of carbonyl (C=O) groups excluding carboxylic acids is 1. The summed E-state index contributed by atoms with van der Waals surface area (Å²) in [5, 5.41) is 1.56. The molecule has 4 aromatic rings. The Kier molecular flexibility index (Phi) is 5.11. The van der Waals surface area contributed by atoms with Crippen LogP contribution in [0.25, 0.3) is 21.1 Å². The van der Waals surface area contributed by atoms with Gasteiger partial charge < -0.3 is 9.88 Å². The molecule has 6 nitrogen and oxygen atoms in total. The molecular weight excluding hydrogens is 408 g/mol. The lowest BCUT2D eigenvalue weighted by molar-refractivity contribution is -0.135. The van der Waals surface area contributed by atoms with Crippen LogP contribution in [-0.2, 0) is 11.3 Å². The van der Waals surface area contributed by atoms with Crippen molar-refractivity contribution >= 4 is 38.4 Å². The molecule has 156 valence electrons. The maximum Gasteiger partial charge on any atom is 0.258 e. The number of fused-ring (bicyclic) bond motifs is 2. The van der Waals surface area contributed by atoms with E-state index >= 15 is 0 Å². The topological polar surface area (TPSA) is 79.0 Å². The number of nitrogens with zero attached hydrogens (tertiary/aromatic N) is 3. The average Bonchev–Trinajstić information content (AvgIpc) is 3.23. The smallest absolute Gasteiger partial charge is 0.258 e. The number of aromatic nitrogens is 3. The van der Waals surface area contributed by atoms with E-state index in [1.807, 2.05) is 36.4 Å². The highest BCUT2D eigenvalue weighted by atomic mass is 32.1. The molecule has 0 bridgehead atoms. The maximum atomic E-state index is 13.4. The minimum atomic E-state index is -0.186. The molecule has 1 aliphatic rings. The minimum Gasteiger partial charge on any atom is -0.338 e. The molecule has 0 radical (unpaired) electrons. The van der Waals surface area contributed by atoms with Crippen molar-refractivity contribution in [3.8, 4) is 0 Å². The molecule has 2 aromatic carbocycles. The Bertz CT molecular complexity index is 1320. The molecule has 31 heavy (non-hydrogen) atoms. The van der Waals surface area contributed by atoms with Crippen molar-refractivity contribution in [2.45, 2.75) is 25.3 Å². The fourth-order valence-electron chi connectivity index (χ4n) is 4.20. The van der Waals surface area contributed by atoms with E-state index in [9.17, 15) is 9.59 Å². The number of hydrogen-bond donors (Lipinski definition) is 1. The third kappa shape index (κ3) is 3.77. The third-order valence-electron chi connectivity index (χ3n) is 5.80. The number of hydrogen-bond acceptors (Lipinski definition) is 5. The van der Waals surface area contributed by atoms with Crippen molar-refractivity contribution < 1.29 is 4.79 Å². The lowest BCUT2D eigenvalue weighted by Gasteiger charge is -2.29. The molecule has 1 amide bonds. The van der Waals surface area contributed by atoms with E-state index in [2.05, 4.69) is 28.2 Å². The quantitative estimate of drug-likeness (QED) is 0.491. The van der Waals surface area contributed by atoms with Gasteiger partial charge in [0.15, 0.2) is 0 Å². The molecule has 2 aromatic heterocycles. The van der Waals surface area contributed by atoms with Crippen LogP contribution in [0.4, 0.5) is 0 Å². The Labute approximate surface area is 183 Å². The first-order chi connectivity index (χ1) is 15.1. The lowest BCUT2D eigenvalue weighted by Crippen LogP contribution is -2.37. The van der Waals surface area contributed by atoms with E-state index in [4.69, 9.17) is 4.98 Å². The second-order valence-electron chi connectivity index (χ2n) is 7.90. The van der Waals surface area contributed by atoms with Gasteiger partial charge >= 0.3 is 0 Å². The Morgan fingerprint density at radius 1 is 1.06 bits per heavy atom. The number of para-hydroxylation sites is 2. The van der Waals surface area contributed by atoms with Crippen molar-refractivity contribution in [1.29, 1.82) is 0 Å². The first-order valence-electron chi connectivity index (χ1n) is 10.3. The molecule has 2 atom stereocenters. The van der Waals surface area contributed by atoms with Crippen molar-refractivity contribution in [2.75, 3.05) is 7.05 Å². The van der Waals surface area contributed by atoms with Gasteiger partial charge in [0.25, 0.3) is 5.56 Å². The molecule has 0 spiro atoms. The zero-order valence-corrected chi connectivity index (χ0v) is 17.9. The second kappa shape index (κ2) is 8.07. The van der Waals surface area contributed by atoms with Gasteiger partial charge in [-0.15, -0.1) is 11.3 Å². The number of aromatic amines is 1. The molecule has 2 heterocycles. The molecule has 0 fully saturated rings. The highest BCUT2D eigenvalue weighted by Crippen LogP contribution is 2.39. The summed E-state index contributed by atoms with van der Waals surface area (Å²) in [7, 11) is 1.77. The summed E-state index contributed by atoms with van der Waals surface area (Å²) in [4.78, 5) is 39.6. The monoisotopic (exact) mass is 430 g/mol. The van der Waals surface area contributed by atoms with Crippen LogP contribution >= 0.6 is 11.3 Å². The van der Waals surface area contributed by atoms with Crippen molar-refractivity contribution in [1.82, 2.24) is 19.9 Å². The average molecular weight is 431 g/mol. The zero-order valence-electron chi connectivity index (χ0n) is 17.1. The highest BCUT2D eigenvalue weighted by molar-refractivity contribution is 7.18. The molecule has 1 aliphatic carbocycles. The van der Waals surface area contributed by atoms with Gasteiger partial charge in [-0.05, 0) is 37.1 Å². The summed E-state index contributed by atoms with van der Waals surface area (Å²) >= 11 is 1.67. The minimum absolute atomic E-state index is 0.0458. The number of rotatable bonds is 4. The van der Waals surface area contributed by atoms with Gasteiger partial charge in [0.1, 0.15) is 5.82 Å². The Hall–Kier alpha value is -3.32. The van der Waals surface area contributed by atoms with Gasteiger partial charge in [0, 0.05) is 13.0 Å². The predicted molar refractivity (Wildman–Crippen MR) is 123 cm³/mol. The van der Waals surface area contributed by atoms with Gasteiger partial charge in [-0.1, -0.05) is 36.4 Å². The van der Waals surface area contributed by atoms with E-state index in [1.54, 1.807) is 29.4 Å². The van der Waals surface area contributed by atoms with Crippen LogP contribution in [0, 0.1) is 5.92 Å². The fourth-order valence-corrected chi connectivity index (χ4v) is 5.35. The van der Waals surface area contributed by atoms with Crippen LogP contribution in [0.1, 0.15) is 29.6 Å². The summed E-state index contributed by atoms with van der Waals surface area (Å²) in [5.74, 6) is 0.413. The number of carbonyl (C=O) groups is 1. The van der Waals surface area contributed by atoms with Crippen molar-refractivity contribution in [3.63, 3.8) is 0 Å². The first kappa shape index (κ1) is 19.6. The standard InChI is InChI=1S/C24H22N4O2S/c1-28(14-21-25-18-11-5-4-10-17(18)22(29)27-21)24(30)16-9-3-2-8-15(16)23-26-19-12-6-7-13-20(19)31-23/h2-7,10-13,15-16H,8-9,14H2,1H3,(H,25,27,29)/t15-,16-/m0/s1. The molecule has 0 unspecified atom stereocenters. The lowest BCUT2D eigenvalue weighted by atomic mass is 9.82. The molecule has 0 saturated heterocycles. The van der Waals surface area contributed by atoms with E-state index in [0.29, 0.717) is 23.1 Å². The summed E-state index contributed by atoms with van der Waals surface area (Å²) in [6, 6.07) is 15.3. The summed E-state index contributed by atoms with van der Waals surface area (Å²) in [6.07, 6.45) is 5.71. The number of H-pyrrole nitrogens is 1. The largest absolute Gasteiger partial charge is 0.338 e. The normalized spacial score (nSPS) is 18.5. The number of allylic oxidation sites excluding steroid dienone is 2. The van der Waals surface area contributed by atoms with Gasteiger partial charge in [-0.25, -0.2) is 9.97 Å². The van der Waals surface area contributed by atoms with Crippen LogP contribution in [0.15, 0.2) is 65.5 Å². The summed E-state index contributed by atoms with van der Waals surface area (Å²) in [6.45, 7) is 0.256. The van der Waals surface area contributed by atoms with Crippen LogP contribution in [0.2, 0.25) is 0 Å². The molecule has 7 heteroatoms. The zero-order chi connectivity index (χ0) is 21.4. The predicted octanol–water partition coefficient (Wildman–Crippen LogP) is 4.24. The van der Waals surface area contributed by atoms with Crippen LogP contribution in [0.3, 0.4) is 0 Å². The number of thiazole rings is 1. The number of amides is 1. The van der Waals surface area contributed by atoms with Gasteiger partial charge in [0.2, 0.25) is 5.91 Å². The third-order valence-corrected chi connectivity index (χ3v) is 6.97.